The Labute approximate surface area is 213 Å². The van der Waals surface area contributed by atoms with Gasteiger partial charge < -0.3 is 28.7 Å². The molecule has 1 fully saturated rings. The summed E-state index contributed by atoms with van der Waals surface area (Å²) in [4.78, 5) is 11.5. The lowest BCUT2D eigenvalue weighted by Crippen LogP contribution is -2.58. The topological polar surface area (TPSA) is 94.1 Å². The lowest BCUT2D eigenvalue weighted by atomic mass is 9.96. The van der Waals surface area contributed by atoms with Gasteiger partial charge in [-0.05, 0) is 68.2 Å². The molecule has 0 spiro atoms. The molecule has 7 nitrogen and oxygen atoms in total. The first-order chi connectivity index (χ1) is 17.2. The molecule has 8 heteroatoms. The predicted molar refractivity (Wildman–Crippen MR) is 136 cm³/mol. The van der Waals surface area contributed by atoms with Crippen LogP contribution in [0.25, 0.3) is 21.9 Å². The van der Waals surface area contributed by atoms with Gasteiger partial charge in [-0.15, -0.1) is 0 Å². The van der Waals surface area contributed by atoms with Crippen molar-refractivity contribution in [3.05, 3.63) is 70.1 Å². The Balaban J connectivity index is 1.44. The molecular formula is C28H26ClNO6. The van der Waals surface area contributed by atoms with Crippen LogP contribution in [-0.4, -0.2) is 30.2 Å². The number of furan rings is 2. The Morgan fingerprint density at radius 2 is 1.83 bits per heavy atom. The third-order valence-electron chi connectivity index (χ3n) is 6.17. The predicted octanol–water partition coefficient (Wildman–Crippen LogP) is 6.43. The molecule has 1 saturated heterocycles. The van der Waals surface area contributed by atoms with E-state index in [-0.39, 0.29) is 13.2 Å². The van der Waals surface area contributed by atoms with E-state index in [0.29, 0.717) is 27.7 Å². The van der Waals surface area contributed by atoms with Crippen molar-refractivity contribution < 1.29 is 28.2 Å². The highest BCUT2D eigenvalue weighted by Crippen LogP contribution is 2.35. The molecule has 0 bridgehead atoms. The van der Waals surface area contributed by atoms with Crippen LogP contribution < -0.4 is 5.32 Å². The van der Waals surface area contributed by atoms with Crippen LogP contribution >= 0.6 is 11.6 Å². The zero-order valence-corrected chi connectivity index (χ0v) is 21.0. The fraction of sp³-hybridized carbons (Fsp3) is 0.321. The summed E-state index contributed by atoms with van der Waals surface area (Å²) in [5.74, 6) is 6.33. The highest BCUT2D eigenvalue weighted by Gasteiger charge is 2.45. The number of fused-ring (bicyclic) bond motifs is 2. The van der Waals surface area contributed by atoms with Crippen LogP contribution in [0.2, 0.25) is 5.02 Å². The molecule has 0 aliphatic carbocycles. The fourth-order valence-electron chi connectivity index (χ4n) is 4.31. The van der Waals surface area contributed by atoms with Crippen molar-refractivity contribution in [1.29, 1.82) is 0 Å². The van der Waals surface area contributed by atoms with E-state index >= 15 is 0 Å². The lowest BCUT2D eigenvalue weighted by molar-refractivity contribution is -0.274. The van der Waals surface area contributed by atoms with E-state index in [0.717, 1.165) is 29.2 Å². The first-order valence-electron chi connectivity index (χ1n) is 11.7. The van der Waals surface area contributed by atoms with Gasteiger partial charge in [-0.3, -0.25) is 0 Å². The molecule has 0 atom stereocenters. The van der Waals surface area contributed by atoms with Gasteiger partial charge in [-0.25, -0.2) is 4.79 Å². The number of aryl methyl sites for hydroxylation is 1. The molecular weight excluding hydrogens is 482 g/mol. The van der Waals surface area contributed by atoms with Gasteiger partial charge in [0.25, 0.3) is 0 Å². The second-order valence-corrected chi connectivity index (χ2v) is 9.87. The molecule has 2 aromatic heterocycles. The number of nitrogens with one attached hydrogen (secondary N) is 1. The molecule has 1 aliphatic rings. The normalized spacial score (nSPS) is 16.6. The van der Waals surface area contributed by atoms with E-state index in [1.807, 2.05) is 24.3 Å². The van der Waals surface area contributed by atoms with E-state index in [2.05, 4.69) is 30.1 Å². The number of hydrogen-bond acceptors (Lipinski definition) is 5. The monoisotopic (exact) mass is 507 g/mol. The summed E-state index contributed by atoms with van der Waals surface area (Å²) in [6, 6.07) is 13.2. The third-order valence-corrected chi connectivity index (χ3v) is 6.45. The molecule has 0 saturated carbocycles. The van der Waals surface area contributed by atoms with Gasteiger partial charge in [0.05, 0.1) is 18.2 Å². The van der Waals surface area contributed by atoms with Gasteiger partial charge in [0.1, 0.15) is 16.9 Å². The maximum absolute atomic E-state index is 11.5. The molecule has 0 unspecified atom stereocenters. The Hall–Kier alpha value is -3.44. The second-order valence-electron chi connectivity index (χ2n) is 9.46. The number of carboxylic acid groups (broad SMARTS) is 1. The van der Waals surface area contributed by atoms with Crippen molar-refractivity contribution >= 4 is 39.6 Å². The van der Waals surface area contributed by atoms with Crippen molar-refractivity contribution in [2.45, 2.75) is 44.9 Å². The Bertz CT molecular complexity index is 1510. The number of halogens is 1. The SMILES string of the molecule is CCCc1cc(Cl)c2oc(C#Cc3ccc4oc(C5(NC(=O)O)COC(C)(C)OC5)cc4c3)cc2c1. The maximum Gasteiger partial charge on any atom is 0.405 e. The van der Waals surface area contributed by atoms with Crippen LogP contribution in [0, 0.1) is 11.8 Å². The summed E-state index contributed by atoms with van der Waals surface area (Å²) in [6.07, 6.45) is 0.797. The minimum Gasteiger partial charge on any atom is -0.465 e. The average molecular weight is 508 g/mol. The van der Waals surface area contributed by atoms with Crippen LogP contribution in [0.1, 0.15) is 49.8 Å². The minimum absolute atomic E-state index is 0.0768. The van der Waals surface area contributed by atoms with Gasteiger partial charge in [0, 0.05) is 22.4 Å². The third kappa shape index (κ3) is 4.80. The van der Waals surface area contributed by atoms with E-state index in [1.165, 1.54) is 5.56 Å². The van der Waals surface area contributed by atoms with Crippen molar-refractivity contribution in [2.24, 2.45) is 0 Å². The van der Waals surface area contributed by atoms with Crippen LogP contribution in [0.15, 0.2) is 51.3 Å². The number of rotatable bonds is 4. The van der Waals surface area contributed by atoms with Crippen LogP contribution in [0.3, 0.4) is 0 Å². The van der Waals surface area contributed by atoms with Gasteiger partial charge in [-0.1, -0.05) is 30.9 Å². The molecule has 5 rings (SSSR count). The Morgan fingerprint density at radius 3 is 2.56 bits per heavy atom. The van der Waals surface area contributed by atoms with Gasteiger partial charge in [0.15, 0.2) is 17.1 Å². The summed E-state index contributed by atoms with van der Waals surface area (Å²) in [5.41, 5.74) is 2.00. The highest BCUT2D eigenvalue weighted by atomic mass is 35.5. The standard InChI is InChI=1S/C28H26ClNO6/c1-4-5-18-11-20-13-21(35-25(20)22(29)12-18)8-6-17-7-9-23-19(10-17)14-24(36-23)28(30-26(31)32)15-33-27(2,3)34-16-28/h7,9-14,30H,4-5,15-16H2,1-3H3,(H,31,32). The number of ether oxygens (including phenoxy) is 2. The number of amides is 1. The largest absolute Gasteiger partial charge is 0.465 e. The van der Waals surface area contributed by atoms with Gasteiger partial charge in [0.2, 0.25) is 0 Å². The Morgan fingerprint density at radius 1 is 1.06 bits per heavy atom. The van der Waals surface area contributed by atoms with E-state index in [4.69, 9.17) is 29.9 Å². The molecule has 3 heterocycles. The molecule has 4 aromatic rings. The maximum atomic E-state index is 11.5. The summed E-state index contributed by atoms with van der Waals surface area (Å²) in [7, 11) is 0. The summed E-state index contributed by atoms with van der Waals surface area (Å²) in [6.45, 7) is 5.84. The lowest BCUT2D eigenvalue weighted by Gasteiger charge is -2.41. The summed E-state index contributed by atoms with van der Waals surface area (Å²) < 4.78 is 23.4. The molecule has 1 aliphatic heterocycles. The molecule has 1 amide bonds. The molecule has 36 heavy (non-hydrogen) atoms. The van der Waals surface area contributed by atoms with Crippen molar-refractivity contribution in [3.63, 3.8) is 0 Å². The van der Waals surface area contributed by atoms with Gasteiger partial charge in [-0.2, -0.15) is 0 Å². The van der Waals surface area contributed by atoms with E-state index < -0.39 is 17.4 Å². The zero-order chi connectivity index (χ0) is 25.5. The van der Waals surface area contributed by atoms with Crippen molar-refractivity contribution in [3.8, 4) is 11.8 Å². The fourth-order valence-corrected chi connectivity index (χ4v) is 4.60. The quantitative estimate of drug-likeness (QED) is 0.309. The molecule has 186 valence electrons. The van der Waals surface area contributed by atoms with Gasteiger partial charge >= 0.3 is 6.09 Å². The molecule has 0 radical (unpaired) electrons. The van der Waals surface area contributed by atoms with Crippen LogP contribution in [0.4, 0.5) is 4.79 Å². The van der Waals surface area contributed by atoms with Crippen LogP contribution in [-0.2, 0) is 21.4 Å². The minimum atomic E-state index is -1.19. The summed E-state index contributed by atoms with van der Waals surface area (Å²) in [5, 5.41) is 14.3. The van der Waals surface area contributed by atoms with Crippen molar-refractivity contribution in [1.82, 2.24) is 5.32 Å². The second kappa shape index (κ2) is 9.21. The highest BCUT2D eigenvalue weighted by molar-refractivity contribution is 6.34. The number of hydrogen-bond donors (Lipinski definition) is 2. The van der Waals surface area contributed by atoms with Crippen molar-refractivity contribution in [2.75, 3.05) is 13.2 Å². The summed E-state index contributed by atoms with van der Waals surface area (Å²) >= 11 is 6.41. The number of benzene rings is 2. The van der Waals surface area contributed by atoms with E-state index in [9.17, 15) is 9.90 Å². The number of carbonyl (C=O) groups is 1. The smallest absolute Gasteiger partial charge is 0.405 e. The zero-order valence-electron chi connectivity index (χ0n) is 20.2. The Kier molecular flexibility index (Phi) is 6.21. The average Bonchev–Trinajstić information content (AvgIpc) is 3.43. The van der Waals surface area contributed by atoms with E-state index in [1.54, 1.807) is 26.0 Å². The first kappa shape index (κ1) is 24.3. The first-order valence-corrected chi connectivity index (χ1v) is 12.1. The molecule has 2 N–H and O–H groups in total. The molecule has 2 aromatic carbocycles. The van der Waals surface area contributed by atoms with Crippen LogP contribution in [0.5, 0.6) is 0 Å².